The van der Waals surface area contributed by atoms with Crippen molar-refractivity contribution >= 4 is 5.91 Å². The van der Waals surface area contributed by atoms with Crippen molar-refractivity contribution in [1.82, 2.24) is 19.7 Å². The van der Waals surface area contributed by atoms with E-state index in [-0.39, 0.29) is 11.5 Å². The number of pyridine rings is 1. The summed E-state index contributed by atoms with van der Waals surface area (Å²) in [7, 11) is 1.89. The summed E-state index contributed by atoms with van der Waals surface area (Å²) in [6.45, 7) is 0.990. The lowest BCUT2D eigenvalue weighted by Crippen LogP contribution is -2.39. The highest BCUT2D eigenvalue weighted by Gasteiger charge is 2.30. The number of H-pyrrole nitrogens is 1. The minimum Gasteiger partial charge on any atom is -0.332 e. The van der Waals surface area contributed by atoms with Crippen LogP contribution in [0.25, 0.3) is 0 Å². The molecule has 22 heavy (non-hydrogen) atoms. The van der Waals surface area contributed by atoms with Crippen LogP contribution in [0, 0.1) is 0 Å². The highest BCUT2D eigenvalue weighted by Crippen LogP contribution is 2.40. The van der Waals surface area contributed by atoms with Crippen molar-refractivity contribution in [2.24, 2.45) is 7.05 Å². The van der Waals surface area contributed by atoms with Gasteiger partial charge < -0.3 is 9.88 Å². The standard InChI is InChI=1S/C16H18N4O2/c1-19-14(11-2-3-11)8-13(18-19)16(22)20-7-5-10-4-6-17-15(21)12(10)9-20/h4,6,8,11H,2-3,5,7,9H2,1H3,(H,17,21). The summed E-state index contributed by atoms with van der Waals surface area (Å²) in [5.41, 5.74) is 3.25. The van der Waals surface area contributed by atoms with Crippen molar-refractivity contribution in [3.8, 4) is 0 Å². The third-order valence-electron chi connectivity index (χ3n) is 4.58. The molecule has 0 bridgehead atoms. The first kappa shape index (κ1) is 13.3. The summed E-state index contributed by atoms with van der Waals surface area (Å²) in [6, 6.07) is 3.83. The van der Waals surface area contributed by atoms with E-state index >= 15 is 0 Å². The summed E-state index contributed by atoms with van der Waals surface area (Å²) in [6.07, 6.45) is 4.74. The molecule has 1 amide bonds. The summed E-state index contributed by atoms with van der Waals surface area (Å²) in [4.78, 5) is 29.0. The molecule has 1 N–H and O–H groups in total. The molecule has 0 aromatic carbocycles. The first-order valence-electron chi connectivity index (χ1n) is 7.66. The number of aromatic amines is 1. The van der Waals surface area contributed by atoms with Gasteiger partial charge in [0, 0.05) is 37.0 Å². The first-order valence-corrected chi connectivity index (χ1v) is 7.66. The van der Waals surface area contributed by atoms with Crippen molar-refractivity contribution in [3.63, 3.8) is 0 Å². The molecular formula is C16H18N4O2. The zero-order chi connectivity index (χ0) is 15.3. The fourth-order valence-corrected chi connectivity index (χ4v) is 3.17. The molecule has 2 aromatic rings. The number of carbonyl (C=O) groups is 1. The van der Waals surface area contributed by atoms with Crippen LogP contribution >= 0.6 is 0 Å². The minimum atomic E-state index is -0.102. The van der Waals surface area contributed by atoms with Crippen molar-refractivity contribution in [2.75, 3.05) is 6.54 Å². The van der Waals surface area contributed by atoms with E-state index in [1.807, 2.05) is 23.9 Å². The van der Waals surface area contributed by atoms with Crippen LogP contribution in [-0.2, 0) is 20.0 Å². The summed E-state index contributed by atoms with van der Waals surface area (Å²) >= 11 is 0. The normalized spacial score (nSPS) is 17.4. The molecule has 0 atom stereocenters. The molecule has 0 radical (unpaired) electrons. The second-order valence-electron chi connectivity index (χ2n) is 6.14. The second kappa shape index (κ2) is 4.83. The van der Waals surface area contributed by atoms with E-state index in [1.165, 1.54) is 12.8 Å². The van der Waals surface area contributed by atoms with Gasteiger partial charge in [-0.15, -0.1) is 0 Å². The maximum absolute atomic E-state index is 12.7. The number of hydrogen-bond acceptors (Lipinski definition) is 3. The number of hydrogen-bond donors (Lipinski definition) is 1. The van der Waals surface area contributed by atoms with E-state index in [0.717, 1.165) is 11.3 Å². The lowest BCUT2D eigenvalue weighted by Gasteiger charge is -2.27. The fraction of sp³-hybridized carbons (Fsp3) is 0.438. The zero-order valence-electron chi connectivity index (χ0n) is 12.5. The summed E-state index contributed by atoms with van der Waals surface area (Å²) in [5.74, 6) is 0.473. The molecule has 1 fully saturated rings. The molecule has 0 saturated heterocycles. The highest BCUT2D eigenvalue weighted by atomic mass is 16.2. The molecule has 6 heteroatoms. The number of aromatic nitrogens is 3. The smallest absolute Gasteiger partial charge is 0.274 e. The quantitative estimate of drug-likeness (QED) is 0.905. The number of nitrogens with zero attached hydrogens (tertiary/aromatic N) is 3. The van der Waals surface area contributed by atoms with Gasteiger partial charge in [-0.3, -0.25) is 14.3 Å². The molecule has 0 unspecified atom stereocenters. The molecule has 1 aliphatic carbocycles. The Morgan fingerprint density at radius 2 is 2.23 bits per heavy atom. The van der Waals surface area contributed by atoms with Gasteiger partial charge in [-0.2, -0.15) is 5.10 Å². The summed E-state index contributed by atoms with van der Waals surface area (Å²) in [5, 5.41) is 4.36. The van der Waals surface area contributed by atoms with Crippen LogP contribution < -0.4 is 5.56 Å². The van der Waals surface area contributed by atoms with Gasteiger partial charge in [0.25, 0.3) is 11.5 Å². The van der Waals surface area contributed by atoms with E-state index in [4.69, 9.17) is 0 Å². The SMILES string of the molecule is Cn1nc(C(=O)N2CCc3cc[nH]c(=O)c3C2)cc1C1CC1. The number of carbonyl (C=O) groups excluding carboxylic acids is 1. The molecular weight excluding hydrogens is 280 g/mol. The Morgan fingerprint density at radius 1 is 1.41 bits per heavy atom. The van der Waals surface area contributed by atoms with Crippen molar-refractivity contribution < 1.29 is 4.79 Å². The molecule has 2 aliphatic rings. The predicted molar refractivity (Wildman–Crippen MR) is 80.7 cm³/mol. The van der Waals surface area contributed by atoms with Crippen LogP contribution in [0.2, 0.25) is 0 Å². The molecule has 4 rings (SSSR count). The van der Waals surface area contributed by atoms with Gasteiger partial charge in [-0.05, 0) is 37.0 Å². The average Bonchev–Trinajstić information content (AvgIpc) is 3.29. The molecule has 0 spiro atoms. The molecule has 2 aromatic heterocycles. The van der Waals surface area contributed by atoms with Gasteiger partial charge in [0.05, 0.1) is 6.54 Å². The Labute approximate surface area is 127 Å². The average molecular weight is 298 g/mol. The van der Waals surface area contributed by atoms with Gasteiger partial charge in [0.1, 0.15) is 0 Å². The Kier molecular flexibility index (Phi) is 2.92. The maximum atomic E-state index is 12.7. The minimum absolute atomic E-state index is 0.0867. The summed E-state index contributed by atoms with van der Waals surface area (Å²) < 4.78 is 1.82. The Morgan fingerprint density at radius 3 is 3.00 bits per heavy atom. The molecule has 1 aliphatic heterocycles. The first-order chi connectivity index (χ1) is 10.6. The van der Waals surface area contributed by atoms with Crippen molar-refractivity contribution in [2.45, 2.75) is 31.7 Å². The predicted octanol–water partition coefficient (Wildman–Crippen LogP) is 1.18. The maximum Gasteiger partial charge on any atom is 0.274 e. The van der Waals surface area contributed by atoms with Crippen molar-refractivity contribution in [3.05, 3.63) is 51.2 Å². The van der Waals surface area contributed by atoms with E-state index in [9.17, 15) is 9.59 Å². The van der Waals surface area contributed by atoms with Crippen LogP contribution in [0.3, 0.4) is 0 Å². The Bertz CT molecular complexity index is 801. The van der Waals surface area contributed by atoms with Gasteiger partial charge >= 0.3 is 0 Å². The zero-order valence-corrected chi connectivity index (χ0v) is 12.5. The lowest BCUT2D eigenvalue weighted by molar-refractivity contribution is 0.0727. The number of amides is 1. The van der Waals surface area contributed by atoms with Crippen LogP contribution in [0.1, 0.15) is 46.1 Å². The lowest BCUT2D eigenvalue weighted by atomic mass is 10.0. The number of fused-ring (bicyclic) bond motifs is 1. The van der Waals surface area contributed by atoms with Gasteiger partial charge in [-0.1, -0.05) is 0 Å². The highest BCUT2D eigenvalue weighted by molar-refractivity contribution is 5.92. The molecule has 3 heterocycles. The number of nitrogens with one attached hydrogen (secondary N) is 1. The monoisotopic (exact) mass is 298 g/mol. The number of rotatable bonds is 2. The van der Waals surface area contributed by atoms with Crippen LogP contribution in [0.15, 0.2) is 23.1 Å². The van der Waals surface area contributed by atoms with E-state index in [0.29, 0.717) is 36.7 Å². The third kappa shape index (κ3) is 2.15. The molecule has 6 nitrogen and oxygen atoms in total. The van der Waals surface area contributed by atoms with Crippen LogP contribution in [-0.4, -0.2) is 32.1 Å². The third-order valence-corrected chi connectivity index (χ3v) is 4.58. The van der Waals surface area contributed by atoms with Gasteiger partial charge in [0.15, 0.2) is 5.69 Å². The molecule has 1 saturated carbocycles. The topological polar surface area (TPSA) is 71.0 Å². The van der Waals surface area contributed by atoms with Crippen LogP contribution in [0.5, 0.6) is 0 Å². The van der Waals surface area contributed by atoms with Crippen molar-refractivity contribution in [1.29, 1.82) is 0 Å². The van der Waals surface area contributed by atoms with Gasteiger partial charge in [0.2, 0.25) is 0 Å². The van der Waals surface area contributed by atoms with Gasteiger partial charge in [-0.25, -0.2) is 0 Å². The largest absolute Gasteiger partial charge is 0.332 e. The molecule has 114 valence electrons. The Hall–Kier alpha value is -2.37. The number of aryl methyl sites for hydroxylation is 1. The second-order valence-corrected chi connectivity index (χ2v) is 6.14. The van der Waals surface area contributed by atoms with E-state index in [1.54, 1.807) is 11.1 Å². The fourth-order valence-electron chi connectivity index (χ4n) is 3.17. The Balaban J connectivity index is 1.60. The van der Waals surface area contributed by atoms with Crippen LogP contribution in [0.4, 0.5) is 0 Å². The van der Waals surface area contributed by atoms with E-state index < -0.39 is 0 Å². The van der Waals surface area contributed by atoms with E-state index in [2.05, 4.69) is 10.1 Å².